The molecule has 5 nitrogen and oxygen atoms in total. The molecule has 22 heavy (non-hydrogen) atoms. The molecule has 2 rings (SSSR count). The van der Waals surface area contributed by atoms with Crippen LogP contribution in [0.3, 0.4) is 0 Å². The van der Waals surface area contributed by atoms with Gasteiger partial charge in [0.2, 0.25) is 0 Å². The molecule has 3 unspecified atom stereocenters. The fraction of sp³-hybridized carbons (Fsp3) is 0.941. The quantitative estimate of drug-likeness (QED) is 0.838. The van der Waals surface area contributed by atoms with E-state index >= 15 is 0 Å². The highest BCUT2D eigenvalue weighted by Gasteiger charge is 2.26. The summed E-state index contributed by atoms with van der Waals surface area (Å²) in [5, 5.41) is 6.64. The minimum atomic E-state index is -0.436. The summed E-state index contributed by atoms with van der Waals surface area (Å²) < 4.78 is 11.1. The van der Waals surface area contributed by atoms with Crippen molar-refractivity contribution in [2.24, 2.45) is 0 Å². The van der Waals surface area contributed by atoms with E-state index in [0.717, 1.165) is 32.4 Å². The second-order valence-electron chi connectivity index (χ2n) is 7.60. The van der Waals surface area contributed by atoms with E-state index in [0.29, 0.717) is 12.1 Å². The largest absolute Gasteiger partial charge is 0.444 e. The predicted octanol–water partition coefficient (Wildman–Crippen LogP) is 2.98. The normalized spacial score (nSPS) is 29.9. The Labute approximate surface area is 134 Å². The van der Waals surface area contributed by atoms with Gasteiger partial charge in [0.25, 0.3) is 0 Å². The van der Waals surface area contributed by atoms with Crippen molar-refractivity contribution >= 4 is 6.09 Å². The summed E-state index contributed by atoms with van der Waals surface area (Å²) in [6, 6.07) is 0.688. The van der Waals surface area contributed by atoms with Crippen LogP contribution >= 0.6 is 0 Å². The maximum atomic E-state index is 11.9. The lowest BCUT2D eigenvalue weighted by molar-refractivity contribution is 0.0141. The summed E-state index contributed by atoms with van der Waals surface area (Å²) in [5.41, 5.74) is -0.436. The third kappa shape index (κ3) is 6.53. The van der Waals surface area contributed by atoms with Gasteiger partial charge >= 0.3 is 6.09 Å². The maximum absolute atomic E-state index is 11.9. The van der Waals surface area contributed by atoms with Crippen LogP contribution in [0.15, 0.2) is 0 Å². The molecule has 1 amide bonds. The standard InChI is InChI=1S/C17H32N2O3/c1-17(2,3)22-16(20)19-14-8-6-7-13(11-14)18-12-15-9-4-5-10-21-15/h13-15,18H,4-12H2,1-3H3,(H,19,20). The average molecular weight is 312 g/mol. The zero-order valence-corrected chi connectivity index (χ0v) is 14.3. The highest BCUT2D eigenvalue weighted by molar-refractivity contribution is 5.68. The Kier molecular flexibility index (Phi) is 6.50. The maximum Gasteiger partial charge on any atom is 0.407 e. The predicted molar refractivity (Wildman–Crippen MR) is 87.0 cm³/mol. The number of carbonyl (C=O) groups excluding carboxylic acids is 1. The first-order chi connectivity index (χ1) is 10.4. The highest BCUT2D eigenvalue weighted by atomic mass is 16.6. The van der Waals surface area contributed by atoms with Gasteiger partial charge < -0.3 is 20.1 Å². The van der Waals surface area contributed by atoms with Crippen molar-refractivity contribution in [3.05, 3.63) is 0 Å². The van der Waals surface area contributed by atoms with E-state index in [1.807, 2.05) is 20.8 Å². The Bertz CT molecular complexity index is 348. The molecule has 2 aliphatic rings. The molecule has 1 aliphatic heterocycles. The van der Waals surface area contributed by atoms with Crippen molar-refractivity contribution in [3.63, 3.8) is 0 Å². The van der Waals surface area contributed by atoms with Crippen molar-refractivity contribution in [1.82, 2.24) is 10.6 Å². The van der Waals surface area contributed by atoms with Crippen LogP contribution < -0.4 is 10.6 Å². The Balaban J connectivity index is 1.68. The number of carbonyl (C=O) groups is 1. The molecule has 1 aliphatic carbocycles. The summed E-state index contributed by atoms with van der Waals surface area (Å²) in [6.45, 7) is 7.51. The van der Waals surface area contributed by atoms with Gasteiger partial charge in [-0.25, -0.2) is 4.79 Å². The monoisotopic (exact) mass is 312 g/mol. The molecule has 0 spiro atoms. The third-order valence-corrected chi connectivity index (χ3v) is 4.30. The van der Waals surface area contributed by atoms with E-state index in [2.05, 4.69) is 10.6 Å². The highest BCUT2D eigenvalue weighted by Crippen LogP contribution is 2.20. The minimum absolute atomic E-state index is 0.216. The van der Waals surface area contributed by atoms with Gasteiger partial charge in [0.15, 0.2) is 0 Å². The lowest BCUT2D eigenvalue weighted by Crippen LogP contribution is -2.47. The molecular formula is C17H32N2O3. The van der Waals surface area contributed by atoms with Crippen molar-refractivity contribution in [3.8, 4) is 0 Å². The number of rotatable bonds is 4. The van der Waals surface area contributed by atoms with Gasteiger partial charge in [-0.3, -0.25) is 0 Å². The molecule has 0 aromatic heterocycles. The number of hydrogen-bond acceptors (Lipinski definition) is 4. The van der Waals surface area contributed by atoms with Crippen LogP contribution in [0.2, 0.25) is 0 Å². The topological polar surface area (TPSA) is 59.6 Å². The van der Waals surface area contributed by atoms with Crippen LogP contribution in [0, 0.1) is 0 Å². The molecule has 1 saturated carbocycles. The van der Waals surface area contributed by atoms with E-state index in [1.165, 1.54) is 25.7 Å². The number of ether oxygens (including phenoxy) is 2. The second kappa shape index (κ2) is 8.16. The summed E-state index contributed by atoms with van der Waals surface area (Å²) in [6.07, 6.45) is 8.05. The zero-order chi connectivity index (χ0) is 16.0. The zero-order valence-electron chi connectivity index (χ0n) is 14.3. The third-order valence-electron chi connectivity index (χ3n) is 4.30. The molecule has 2 fully saturated rings. The van der Waals surface area contributed by atoms with Gasteiger partial charge in [-0.1, -0.05) is 0 Å². The molecular weight excluding hydrogens is 280 g/mol. The van der Waals surface area contributed by atoms with E-state index in [9.17, 15) is 4.79 Å². The van der Waals surface area contributed by atoms with Gasteiger partial charge in [-0.05, 0) is 65.7 Å². The molecule has 128 valence electrons. The Morgan fingerprint density at radius 3 is 2.59 bits per heavy atom. The van der Waals surface area contributed by atoms with Crippen molar-refractivity contribution in [2.45, 2.75) is 89.5 Å². The van der Waals surface area contributed by atoms with Gasteiger partial charge in [-0.15, -0.1) is 0 Å². The minimum Gasteiger partial charge on any atom is -0.444 e. The lowest BCUT2D eigenvalue weighted by Gasteiger charge is -2.32. The summed E-state index contributed by atoms with van der Waals surface area (Å²) in [5.74, 6) is 0. The smallest absolute Gasteiger partial charge is 0.407 e. The second-order valence-corrected chi connectivity index (χ2v) is 7.60. The summed E-state index contributed by atoms with van der Waals surface area (Å²) >= 11 is 0. The van der Waals surface area contributed by atoms with Crippen LogP contribution in [0.1, 0.15) is 65.7 Å². The molecule has 1 heterocycles. The summed E-state index contributed by atoms with van der Waals surface area (Å²) in [4.78, 5) is 11.9. The first kappa shape index (κ1) is 17.5. The van der Waals surface area contributed by atoms with E-state index in [-0.39, 0.29) is 12.1 Å². The molecule has 5 heteroatoms. The van der Waals surface area contributed by atoms with Crippen molar-refractivity contribution < 1.29 is 14.3 Å². The van der Waals surface area contributed by atoms with E-state index in [4.69, 9.17) is 9.47 Å². The fourth-order valence-corrected chi connectivity index (χ4v) is 3.25. The van der Waals surface area contributed by atoms with E-state index < -0.39 is 5.60 Å². The fourth-order valence-electron chi connectivity index (χ4n) is 3.25. The molecule has 3 atom stereocenters. The first-order valence-electron chi connectivity index (χ1n) is 8.77. The Hall–Kier alpha value is -0.810. The Morgan fingerprint density at radius 1 is 1.14 bits per heavy atom. The number of amides is 1. The molecule has 0 bridgehead atoms. The van der Waals surface area contributed by atoms with Crippen molar-refractivity contribution in [2.75, 3.05) is 13.2 Å². The summed E-state index contributed by atoms with van der Waals surface area (Å²) in [7, 11) is 0. The van der Waals surface area contributed by atoms with E-state index in [1.54, 1.807) is 0 Å². The van der Waals surface area contributed by atoms with Gasteiger partial charge in [0, 0.05) is 25.2 Å². The first-order valence-corrected chi connectivity index (χ1v) is 8.77. The molecule has 2 N–H and O–H groups in total. The molecule has 0 radical (unpaired) electrons. The number of hydrogen-bond donors (Lipinski definition) is 2. The van der Waals surface area contributed by atoms with Crippen LogP contribution in [-0.4, -0.2) is 43.0 Å². The van der Waals surface area contributed by atoms with Gasteiger partial charge in [0.05, 0.1) is 6.10 Å². The van der Waals surface area contributed by atoms with Crippen molar-refractivity contribution in [1.29, 1.82) is 0 Å². The average Bonchev–Trinajstić information content (AvgIpc) is 2.44. The molecule has 0 aromatic carbocycles. The Morgan fingerprint density at radius 2 is 1.91 bits per heavy atom. The van der Waals surface area contributed by atoms with Gasteiger partial charge in [-0.2, -0.15) is 0 Å². The van der Waals surface area contributed by atoms with Crippen LogP contribution in [-0.2, 0) is 9.47 Å². The SMILES string of the molecule is CC(C)(C)OC(=O)NC1CCCC(NCC2CCCCO2)C1. The lowest BCUT2D eigenvalue weighted by atomic mass is 9.91. The van der Waals surface area contributed by atoms with Crippen LogP contribution in [0.5, 0.6) is 0 Å². The number of alkyl carbamates (subject to hydrolysis) is 1. The molecule has 1 saturated heterocycles. The molecule has 0 aromatic rings. The van der Waals surface area contributed by atoms with Gasteiger partial charge in [0.1, 0.15) is 5.60 Å². The number of nitrogens with one attached hydrogen (secondary N) is 2. The van der Waals surface area contributed by atoms with Crippen LogP contribution in [0.25, 0.3) is 0 Å². The van der Waals surface area contributed by atoms with Crippen LogP contribution in [0.4, 0.5) is 4.79 Å².